The van der Waals surface area contributed by atoms with Gasteiger partial charge in [0.25, 0.3) is 0 Å². The summed E-state index contributed by atoms with van der Waals surface area (Å²) in [5.41, 5.74) is 0.819. The summed E-state index contributed by atoms with van der Waals surface area (Å²) in [6.45, 7) is 22.1. The topological polar surface area (TPSA) is 404 Å². The number of rotatable bonds is 97. The average Bonchev–Trinajstić information content (AvgIpc) is 1.61. The van der Waals surface area contributed by atoms with Crippen LogP contribution in [0.4, 0.5) is 0 Å². The molecule has 0 bridgehead atoms. The molecule has 1 heterocycles. The normalized spacial score (nSPS) is 14.7. The van der Waals surface area contributed by atoms with Crippen molar-refractivity contribution < 1.29 is 149 Å². The summed E-state index contributed by atoms with van der Waals surface area (Å²) in [6.07, 6.45) is 18.8. The van der Waals surface area contributed by atoms with E-state index in [0.29, 0.717) is 354 Å². The summed E-state index contributed by atoms with van der Waals surface area (Å²) >= 11 is 0. The van der Waals surface area contributed by atoms with Crippen LogP contribution in [-0.4, -0.2) is 376 Å². The van der Waals surface area contributed by atoms with Crippen LogP contribution in [0.25, 0.3) is 0 Å². The molecular formula is C83H154N4O31. The first-order valence-corrected chi connectivity index (χ1v) is 43.9. The first-order chi connectivity index (χ1) is 58.2. The molecule has 2 aliphatic carbocycles. The van der Waals surface area contributed by atoms with Crippen LogP contribution in [0.1, 0.15) is 153 Å². The van der Waals surface area contributed by atoms with E-state index >= 15 is 0 Å². The van der Waals surface area contributed by atoms with Crippen LogP contribution in [0.5, 0.6) is 0 Å². The van der Waals surface area contributed by atoms with E-state index in [0.717, 1.165) is 108 Å². The van der Waals surface area contributed by atoms with Crippen molar-refractivity contribution in [3.05, 3.63) is 11.4 Å². The zero-order valence-corrected chi connectivity index (χ0v) is 71.5. The number of carbonyl (C=O) groups excluding carboxylic acids is 1. The number of aliphatic hydroxyl groups is 1. The predicted octanol–water partition coefficient (Wildman–Crippen LogP) is 6.55. The Kier molecular flexibility index (Phi) is 75.8. The van der Waals surface area contributed by atoms with Gasteiger partial charge in [-0.2, -0.15) is 0 Å². The standard InChI is InChI=1S/C83H154N4O31/c88-73-76-74-19-21-77-78(22-20-75(74)76)87(86-85-77)26-28-97-30-32-99-34-36-101-38-40-103-42-44-105-46-48-107-50-52-109-54-56-111-58-60-113-62-64-115-66-68-117-70-72-118-71-69-116-67-65-114-63-61-112-59-57-110-55-53-108-51-49-106-47-45-104-43-41-102-39-37-100-35-33-98-31-29-96-27-25-84-81(93)83(82(94)95,23-15-11-7-3-1-5-9-13-17-79(89)90)24-16-12-8-4-2-6-10-14-18-80(91)92/h74-76,88H,1-73H2,(H,84,93)(H,89,90)(H,91,92)(H,94,95)/t74-,75+,76-/m1/s1. The second-order valence-electron chi connectivity index (χ2n) is 28.6. The van der Waals surface area contributed by atoms with E-state index < -0.39 is 29.2 Å². The van der Waals surface area contributed by atoms with E-state index in [-0.39, 0.29) is 38.8 Å². The number of carbonyl (C=O) groups is 4. The van der Waals surface area contributed by atoms with Crippen molar-refractivity contribution in [3.63, 3.8) is 0 Å². The van der Waals surface area contributed by atoms with Crippen LogP contribution in [-0.2, 0) is 148 Å². The lowest BCUT2D eigenvalue weighted by Gasteiger charge is -2.28. The fourth-order valence-corrected chi connectivity index (χ4v) is 13.0. The minimum Gasteiger partial charge on any atom is -0.481 e. The molecule has 3 atom stereocenters. The Bertz CT molecular complexity index is 2360. The van der Waals surface area contributed by atoms with Gasteiger partial charge in [-0.25, -0.2) is 4.68 Å². The molecule has 0 spiro atoms. The number of aryl methyl sites for hydroxylation is 1. The van der Waals surface area contributed by atoms with Crippen molar-refractivity contribution in [1.82, 2.24) is 20.3 Å². The molecule has 1 aromatic rings. The number of hydrogen-bond donors (Lipinski definition) is 5. The minimum absolute atomic E-state index is 0.182. The van der Waals surface area contributed by atoms with Crippen LogP contribution < -0.4 is 5.32 Å². The Morgan fingerprint density at radius 3 is 0.788 bits per heavy atom. The van der Waals surface area contributed by atoms with Crippen LogP contribution in [0.2, 0.25) is 0 Å². The van der Waals surface area contributed by atoms with Crippen LogP contribution in [0.15, 0.2) is 0 Å². The first kappa shape index (κ1) is 108. The number of aliphatic hydroxyl groups excluding tert-OH is 1. The highest BCUT2D eigenvalue weighted by molar-refractivity contribution is 6.01. The van der Waals surface area contributed by atoms with Gasteiger partial charge in [-0.05, 0) is 69.1 Å². The molecule has 1 aromatic heterocycles. The zero-order chi connectivity index (χ0) is 84.3. The number of aliphatic carboxylic acids is 3. The molecule has 1 saturated carbocycles. The van der Waals surface area contributed by atoms with Gasteiger partial charge in [0.15, 0.2) is 0 Å². The van der Waals surface area contributed by atoms with E-state index in [1.54, 1.807) is 0 Å². The van der Waals surface area contributed by atoms with Gasteiger partial charge in [-0.1, -0.05) is 95.1 Å². The Balaban J connectivity index is 0.904. The van der Waals surface area contributed by atoms with Crippen LogP contribution >= 0.6 is 0 Å². The highest BCUT2D eigenvalue weighted by Gasteiger charge is 2.49. The van der Waals surface area contributed by atoms with E-state index in [2.05, 4.69) is 15.6 Å². The molecule has 692 valence electrons. The fraction of sp³-hybridized carbons (Fsp3) is 0.928. The number of aromatic nitrogens is 3. The Morgan fingerprint density at radius 2 is 0.542 bits per heavy atom. The predicted molar refractivity (Wildman–Crippen MR) is 434 cm³/mol. The van der Waals surface area contributed by atoms with Gasteiger partial charge in [0.05, 0.1) is 322 Å². The SMILES string of the molecule is O=C(O)CCCCCCCCCCC(CCCCCCCCCCC(=O)O)(C(=O)O)C(=O)NCCOCCOCCOCCOCCOCCOCCOCCOCCOCCOCCOCCOCCOCCOCCOCCOCCOCCOCCOCCOCCOCCOCCOCCn1nnc2c1CC[C@@H]1[C@H](CO)[C@@H]1CC2. The van der Waals surface area contributed by atoms with E-state index in [9.17, 15) is 29.4 Å². The molecule has 5 N–H and O–H groups in total. The number of nitrogens with zero attached hydrogens (tertiary/aromatic N) is 3. The van der Waals surface area contributed by atoms with Gasteiger partial charge in [0.2, 0.25) is 5.91 Å². The Labute approximate surface area is 702 Å². The highest BCUT2D eigenvalue weighted by Crippen LogP contribution is 2.52. The Morgan fingerprint density at radius 1 is 0.314 bits per heavy atom. The Hall–Kier alpha value is -3.94. The molecule has 1 amide bonds. The van der Waals surface area contributed by atoms with Crippen molar-refractivity contribution in [2.45, 2.75) is 161 Å². The summed E-state index contributed by atoms with van der Waals surface area (Å²) in [4.78, 5) is 47.9. The molecule has 0 radical (unpaired) electrons. The summed E-state index contributed by atoms with van der Waals surface area (Å²) in [5, 5.41) is 49.3. The number of nitrogens with one attached hydrogen (secondary N) is 1. The second kappa shape index (κ2) is 82.7. The second-order valence-corrected chi connectivity index (χ2v) is 28.6. The molecule has 118 heavy (non-hydrogen) atoms. The first-order valence-electron chi connectivity index (χ1n) is 43.9. The smallest absolute Gasteiger partial charge is 0.319 e. The molecule has 35 nitrogen and oxygen atoms in total. The maximum Gasteiger partial charge on any atom is 0.319 e. The lowest BCUT2D eigenvalue weighted by Crippen LogP contribution is -2.47. The third kappa shape index (κ3) is 64.8. The van der Waals surface area contributed by atoms with Gasteiger partial charge in [0, 0.05) is 26.0 Å². The molecular weight excluding hydrogens is 1550 g/mol. The number of carboxylic acids is 3. The maximum atomic E-state index is 13.6. The van der Waals surface area contributed by atoms with Crippen molar-refractivity contribution in [3.8, 4) is 0 Å². The number of ether oxygens (including phenoxy) is 23. The van der Waals surface area contributed by atoms with Crippen LogP contribution in [0, 0.1) is 23.2 Å². The summed E-state index contributed by atoms with van der Waals surface area (Å²) in [6, 6.07) is 0. The number of fused-ring (bicyclic) bond motifs is 2. The quantitative estimate of drug-likeness (QED) is 0.0341. The largest absolute Gasteiger partial charge is 0.481 e. The average molecular weight is 1700 g/mol. The van der Waals surface area contributed by atoms with E-state index in [1.165, 1.54) is 5.69 Å². The molecule has 0 aromatic carbocycles. The van der Waals surface area contributed by atoms with Crippen molar-refractivity contribution in [2.75, 3.05) is 317 Å². The minimum atomic E-state index is -1.52. The number of hydrogen-bond acceptors (Lipinski definition) is 30. The summed E-state index contributed by atoms with van der Waals surface area (Å²) < 4.78 is 130. The third-order valence-corrected chi connectivity index (χ3v) is 19.6. The molecule has 1 fully saturated rings. The van der Waals surface area contributed by atoms with Gasteiger partial charge in [0.1, 0.15) is 5.41 Å². The molecule has 2 aliphatic rings. The maximum absolute atomic E-state index is 13.6. The number of carboxylic acid groups (broad SMARTS) is 3. The molecule has 0 aliphatic heterocycles. The lowest BCUT2D eigenvalue weighted by atomic mass is 9.76. The van der Waals surface area contributed by atoms with Crippen molar-refractivity contribution >= 4 is 23.8 Å². The molecule has 0 unspecified atom stereocenters. The van der Waals surface area contributed by atoms with E-state index in [4.69, 9.17) is 119 Å². The van der Waals surface area contributed by atoms with Gasteiger partial charge >= 0.3 is 17.9 Å². The van der Waals surface area contributed by atoms with Crippen LogP contribution in [0.3, 0.4) is 0 Å². The van der Waals surface area contributed by atoms with Gasteiger partial charge < -0.3 is 135 Å². The fourth-order valence-electron chi connectivity index (χ4n) is 13.0. The van der Waals surface area contributed by atoms with Crippen molar-refractivity contribution in [1.29, 1.82) is 0 Å². The summed E-state index contributed by atoms with van der Waals surface area (Å²) in [5.74, 6) is -1.33. The number of amides is 1. The zero-order valence-electron chi connectivity index (χ0n) is 71.5. The molecule has 0 saturated heterocycles. The van der Waals surface area contributed by atoms with E-state index in [1.807, 2.05) is 4.68 Å². The number of unbranched alkanes of at least 4 members (excludes halogenated alkanes) is 14. The molecule has 3 rings (SSSR count). The molecule has 35 heteroatoms. The highest BCUT2D eigenvalue weighted by atomic mass is 16.6. The van der Waals surface area contributed by atoms with Crippen molar-refractivity contribution in [2.24, 2.45) is 23.2 Å². The van der Waals surface area contributed by atoms with Gasteiger partial charge in [-0.3, -0.25) is 19.2 Å². The third-order valence-electron chi connectivity index (χ3n) is 19.6. The van der Waals surface area contributed by atoms with Gasteiger partial charge in [-0.15, -0.1) is 5.10 Å². The summed E-state index contributed by atoms with van der Waals surface area (Å²) in [7, 11) is 0. The monoisotopic (exact) mass is 1700 g/mol. The lowest BCUT2D eigenvalue weighted by molar-refractivity contribution is -0.157.